The zero-order valence-corrected chi connectivity index (χ0v) is 20.2. The Morgan fingerprint density at radius 1 is 1.06 bits per heavy atom. The van der Waals surface area contributed by atoms with E-state index in [1.165, 1.54) is 25.1 Å². The van der Waals surface area contributed by atoms with Crippen molar-refractivity contribution in [1.82, 2.24) is 4.90 Å². The van der Waals surface area contributed by atoms with Crippen LogP contribution in [0, 0.1) is 0 Å². The molecule has 2 aromatic carbocycles. The largest absolute Gasteiger partial charge is 0.495 e. The van der Waals surface area contributed by atoms with E-state index in [0.29, 0.717) is 41.2 Å². The molecular weight excluding hydrogens is 455 g/mol. The van der Waals surface area contributed by atoms with Gasteiger partial charge in [0.15, 0.2) is 11.5 Å². The summed E-state index contributed by atoms with van der Waals surface area (Å²) in [5.41, 5.74) is 0.707. The summed E-state index contributed by atoms with van der Waals surface area (Å²) in [7, 11) is 3.01. The van der Waals surface area contributed by atoms with Crippen molar-refractivity contribution in [2.45, 2.75) is 26.7 Å². The molecule has 2 rings (SSSR count). The number of ether oxygens (including phenoxy) is 3. The van der Waals surface area contributed by atoms with Gasteiger partial charge in [-0.1, -0.05) is 36.5 Å². The summed E-state index contributed by atoms with van der Waals surface area (Å²) in [6, 6.07) is 7.97. The van der Waals surface area contributed by atoms with E-state index in [9.17, 15) is 9.59 Å². The van der Waals surface area contributed by atoms with Gasteiger partial charge in [0.25, 0.3) is 5.91 Å². The molecule has 0 bridgehead atoms. The number of likely N-dealkylation sites (N-methyl/N-ethyl adjacent to an activating group) is 1. The molecule has 0 aliphatic heterocycles. The molecule has 0 aliphatic rings. The Morgan fingerprint density at radius 2 is 1.81 bits per heavy atom. The van der Waals surface area contributed by atoms with E-state index in [-0.39, 0.29) is 23.0 Å². The van der Waals surface area contributed by atoms with E-state index in [1.807, 2.05) is 6.92 Å². The van der Waals surface area contributed by atoms with Crippen molar-refractivity contribution in [2.75, 3.05) is 39.2 Å². The van der Waals surface area contributed by atoms with Crippen molar-refractivity contribution >= 4 is 40.7 Å². The average Bonchev–Trinajstić information content (AvgIpc) is 2.75. The van der Waals surface area contributed by atoms with Crippen LogP contribution in [0.3, 0.4) is 0 Å². The summed E-state index contributed by atoms with van der Waals surface area (Å²) < 4.78 is 16.6. The van der Waals surface area contributed by atoms with Gasteiger partial charge in [0, 0.05) is 17.6 Å². The summed E-state index contributed by atoms with van der Waals surface area (Å²) in [6.07, 6.45) is 1.85. The maximum atomic E-state index is 12.9. The Morgan fingerprint density at radius 3 is 2.47 bits per heavy atom. The number of anilines is 1. The Bertz CT molecular complexity index is 952. The molecule has 0 fully saturated rings. The lowest BCUT2D eigenvalue weighted by Gasteiger charge is -2.19. The third-order valence-corrected chi connectivity index (χ3v) is 4.98. The number of amides is 2. The Labute approximate surface area is 198 Å². The van der Waals surface area contributed by atoms with Crippen molar-refractivity contribution in [3.05, 3.63) is 45.9 Å². The van der Waals surface area contributed by atoms with Crippen molar-refractivity contribution in [2.24, 2.45) is 0 Å². The smallest absolute Gasteiger partial charge is 0.254 e. The van der Waals surface area contributed by atoms with E-state index in [2.05, 4.69) is 12.2 Å². The monoisotopic (exact) mass is 482 g/mol. The molecule has 2 amide bonds. The SMILES string of the molecule is CCCCOc1c(Cl)cc(C(=O)N(C)CC(=O)Nc2cc(Cl)ccc2OC)cc1OCC. The highest BCUT2D eigenvalue weighted by atomic mass is 35.5. The van der Waals surface area contributed by atoms with Crippen molar-refractivity contribution in [3.63, 3.8) is 0 Å². The van der Waals surface area contributed by atoms with Crippen LogP contribution < -0.4 is 19.5 Å². The number of carbonyl (C=O) groups excluding carboxylic acids is 2. The number of hydrogen-bond donors (Lipinski definition) is 1. The standard InChI is InChI=1S/C23H28Cl2N2O5/c1-5-7-10-32-22-17(25)11-15(12-20(22)31-6-2)23(29)27(3)14-21(28)26-18-13-16(24)8-9-19(18)30-4/h8-9,11-13H,5-7,10,14H2,1-4H3,(H,26,28). The fraction of sp³-hybridized carbons (Fsp3) is 0.391. The number of nitrogens with zero attached hydrogens (tertiary/aromatic N) is 1. The van der Waals surface area contributed by atoms with Crippen LogP contribution in [0.4, 0.5) is 5.69 Å². The maximum Gasteiger partial charge on any atom is 0.254 e. The highest BCUT2D eigenvalue weighted by Gasteiger charge is 2.21. The first-order valence-corrected chi connectivity index (χ1v) is 11.0. The molecular formula is C23H28Cl2N2O5. The lowest BCUT2D eigenvalue weighted by atomic mass is 10.1. The minimum absolute atomic E-state index is 0.190. The summed E-state index contributed by atoms with van der Waals surface area (Å²) in [4.78, 5) is 26.7. The fourth-order valence-electron chi connectivity index (χ4n) is 2.89. The number of nitrogens with one attached hydrogen (secondary N) is 1. The number of halogens is 2. The van der Waals surface area contributed by atoms with Crippen LogP contribution in [0.2, 0.25) is 10.0 Å². The lowest BCUT2D eigenvalue weighted by Crippen LogP contribution is -2.35. The van der Waals surface area contributed by atoms with E-state index in [4.69, 9.17) is 37.4 Å². The number of methoxy groups -OCH3 is 1. The van der Waals surface area contributed by atoms with Gasteiger partial charge in [0.2, 0.25) is 5.91 Å². The highest BCUT2D eigenvalue weighted by molar-refractivity contribution is 6.32. The Balaban J connectivity index is 2.14. The fourth-order valence-corrected chi connectivity index (χ4v) is 3.33. The lowest BCUT2D eigenvalue weighted by molar-refractivity contribution is -0.116. The van der Waals surface area contributed by atoms with E-state index < -0.39 is 5.91 Å². The van der Waals surface area contributed by atoms with Gasteiger partial charge < -0.3 is 24.4 Å². The zero-order chi connectivity index (χ0) is 23.7. The second-order valence-electron chi connectivity index (χ2n) is 6.97. The molecule has 0 unspecified atom stereocenters. The summed E-state index contributed by atoms with van der Waals surface area (Å²) >= 11 is 12.4. The second-order valence-corrected chi connectivity index (χ2v) is 7.82. The molecule has 174 valence electrons. The van der Waals surface area contributed by atoms with Crippen LogP contribution in [-0.2, 0) is 4.79 Å². The van der Waals surface area contributed by atoms with E-state index in [0.717, 1.165) is 12.8 Å². The van der Waals surface area contributed by atoms with Gasteiger partial charge in [-0.05, 0) is 43.7 Å². The molecule has 0 aliphatic carbocycles. The number of benzene rings is 2. The van der Waals surface area contributed by atoms with E-state index >= 15 is 0 Å². The van der Waals surface area contributed by atoms with Crippen molar-refractivity contribution < 1.29 is 23.8 Å². The molecule has 0 saturated heterocycles. The molecule has 0 aromatic heterocycles. The van der Waals surface area contributed by atoms with Gasteiger partial charge in [-0.15, -0.1) is 0 Å². The first-order chi connectivity index (χ1) is 15.3. The van der Waals surface area contributed by atoms with E-state index in [1.54, 1.807) is 24.3 Å². The summed E-state index contributed by atoms with van der Waals surface area (Å²) in [6.45, 7) is 4.59. The molecule has 0 heterocycles. The molecule has 0 radical (unpaired) electrons. The molecule has 0 atom stereocenters. The second kappa shape index (κ2) is 12.4. The number of hydrogen-bond acceptors (Lipinski definition) is 5. The maximum absolute atomic E-state index is 12.9. The van der Waals surface area contributed by atoms with Gasteiger partial charge in [-0.2, -0.15) is 0 Å². The zero-order valence-electron chi connectivity index (χ0n) is 18.7. The van der Waals surface area contributed by atoms with Crippen LogP contribution in [0.25, 0.3) is 0 Å². The average molecular weight is 483 g/mol. The third kappa shape index (κ3) is 6.93. The number of carbonyl (C=O) groups is 2. The van der Waals surface area contributed by atoms with Crippen LogP contribution in [0.5, 0.6) is 17.2 Å². The molecule has 0 spiro atoms. The van der Waals surface area contributed by atoms with Crippen molar-refractivity contribution in [1.29, 1.82) is 0 Å². The molecule has 9 heteroatoms. The number of rotatable bonds is 11. The topological polar surface area (TPSA) is 77.1 Å². The van der Waals surface area contributed by atoms with Crippen LogP contribution in [0.15, 0.2) is 30.3 Å². The summed E-state index contributed by atoms with van der Waals surface area (Å²) in [5.74, 6) is 0.467. The molecule has 32 heavy (non-hydrogen) atoms. The minimum Gasteiger partial charge on any atom is -0.495 e. The van der Waals surface area contributed by atoms with Crippen LogP contribution in [-0.4, -0.2) is 50.6 Å². The molecule has 0 saturated carbocycles. The first-order valence-electron chi connectivity index (χ1n) is 10.3. The van der Waals surface area contributed by atoms with Crippen LogP contribution >= 0.6 is 23.2 Å². The quantitative estimate of drug-likeness (QED) is 0.440. The van der Waals surface area contributed by atoms with Crippen LogP contribution in [0.1, 0.15) is 37.0 Å². The minimum atomic E-state index is -0.405. The van der Waals surface area contributed by atoms with Gasteiger partial charge in [-0.3, -0.25) is 9.59 Å². The Hall–Kier alpha value is -2.64. The van der Waals surface area contributed by atoms with Gasteiger partial charge in [0.05, 0.1) is 37.6 Å². The number of unbranched alkanes of at least 4 members (excludes halogenated alkanes) is 1. The predicted octanol–water partition coefficient (Wildman–Crippen LogP) is 5.29. The van der Waals surface area contributed by atoms with Gasteiger partial charge in [0.1, 0.15) is 5.75 Å². The van der Waals surface area contributed by atoms with Gasteiger partial charge >= 0.3 is 0 Å². The summed E-state index contributed by atoms with van der Waals surface area (Å²) in [5, 5.41) is 3.43. The molecule has 7 nitrogen and oxygen atoms in total. The third-order valence-electron chi connectivity index (χ3n) is 4.46. The highest BCUT2D eigenvalue weighted by Crippen LogP contribution is 2.37. The molecule has 2 aromatic rings. The normalized spacial score (nSPS) is 10.4. The molecule has 1 N–H and O–H groups in total. The Kier molecular flexibility index (Phi) is 9.94. The predicted molar refractivity (Wildman–Crippen MR) is 127 cm³/mol. The van der Waals surface area contributed by atoms with Gasteiger partial charge in [-0.25, -0.2) is 0 Å². The van der Waals surface area contributed by atoms with Crippen molar-refractivity contribution in [3.8, 4) is 17.2 Å². The first kappa shape index (κ1) is 25.6.